The highest BCUT2D eigenvalue weighted by Crippen LogP contribution is 2.29. The zero-order valence-corrected chi connectivity index (χ0v) is 12.4. The van der Waals surface area contributed by atoms with Crippen LogP contribution in [0.2, 0.25) is 0 Å². The van der Waals surface area contributed by atoms with E-state index >= 15 is 0 Å². The molecule has 2 rings (SSSR count). The fourth-order valence-corrected chi connectivity index (χ4v) is 1.99. The Hall–Kier alpha value is -2.07. The molecule has 4 heteroatoms. The molecule has 0 bridgehead atoms. The first-order valence-corrected chi connectivity index (χ1v) is 7.04. The van der Waals surface area contributed by atoms with E-state index in [0.717, 1.165) is 13.0 Å². The van der Waals surface area contributed by atoms with E-state index in [0.29, 0.717) is 29.4 Å². The zero-order valence-electron chi connectivity index (χ0n) is 12.4. The first-order valence-electron chi connectivity index (χ1n) is 7.04. The molecule has 0 radical (unpaired) electrons. The summed E-state index contributed by atoms with van der Waals surface area (Å²) < 4.78 is 24.9. The van der Waals surface area contributed by atoms with Gasteiger partial charge in [-0.1, -0.05) is 19.1 Å². The van der Waals surface area contributed by atoms with Crippen molar-refractivity contribution in [2.24, 2.45) is 0 Å². The number of methoxy groups -OCH3 is 1. The number of ether oxygens (including phenoxy) is 2. The molecule has 0 atom stereocenters. The third kappa shape index (κ3) is 4.20. The maximum atomic E-state index is 14.0. The van der Waals surface area contributed by atoms with Gasteiger partial charge in [-0.2, -0.15) is 0 Å². The Balaban J connectivity index is 2.20. The predicted molar refractivity (Wildman–Crippen MR) is 81.5 cm³/mol. The van der Waals surface area contributed by atoms with Gasteiger partial charge in [-0.3, -0.25) is 0 Å². The summed E-state index contributed by atoms with van der Waals surface area (Å²) in [6.45, 7) is 3.36. The van der Waals surface area contributed by atoms with Crippen molar-refractivity contribution < 1.29 is 13.9 Å². The molecule has 1 N–H and O–H groups in total. The van der Waals surface area contributed by atoms with Gasteiger partial charge < -0.3 is 14.8 Å². The average Bonchev–Trinajstić information content (AvgIpc) is 2.50. The highest BCUT2D eigenvalue weighted by Gasteiger charge is 2.10. The zero-order chi connectivity index (χ0) is 15.1. The van der Waals surface area contributed by atoms with Gasteiger partial charge in [0, 0.05) is 18.2 Å². The molecule has 3 nitrogen and oxygen atoms in total. The maximum absolute atomic E-state index is 14.0. The number of benzene rings is 2. The van der Waals surface area contributed by atoms with Crippen molar-refractivity contribution in [2.45, 2.75) is 19.9 Å². The van der Waals surface area contributed by atoms with Gasteiger partial charge in [-0.15, -0.1) is 0 Å². The monoisotopic (exact) mass is 289 g/mol. The van der Waals surface area contributed by atoms with Gasteiger partial charge >= 0.3 is 0 Å². The first-order chi connectivity index (χ1) is 10.2. The van der Waals surface area contributed by atoms with Crippen LogP contribution in [0.1, 0.15) is 18.9 Å². The summed E-state index contributed by atoms with van der Waals surface area (Å²) in [5, 5.41) is 3.20. The maximum Gasteiger partial charge on any atom is 0.134 e. The Bertz CT molecular complexity index is 587. The Morgan fingerprint density at radius 3 is 2.62 bits per heavy atom. The second-order valence-corrected chi connectivity index (χ2v) is 4.67. The lowest BCUT2D eigenvalue weighted by molar-refractivity contribution is 0.408. The van der Waals surface area contributed by atoms with Gasteiger partial charge in [0.1, 0.15) is 23.1 Å². The number of halogens is 1. The molecule has 2 aromatic carbocycles. The third-order valence-electron chi connectivity index (χ3n) is 3.07. The van der Waals surface area contributed by atoms with Crippen LogP contribution in [0.4, 0.5) is 4.39 Å². The number of hydrogen-bond acceptors (Lipinski definition) is 3. The summed E-state index contributed by atoms with van der Waals surface area (Å²) in [6, 6.07) is 12.1. The van der Waals surface area contributed by atoms with Gasteiger partial charge in [0.15, 0.2) is 0 Å². The molecule has 0 spiro atoms. The van der Waals surface area contributed by atoms with Crippen molar-refractivity contribution in [3.8, 4) is 17.2 Å². The number of nitrogens with one attached hydrogen (secondary N) is 1. The van der Waals surface area contributed by atoms with Crippen LogP contribution in [0.25, 0.3) is 0 Å². The normalized spacial score (nSPS) is 10.4. The SMILES string of the molecule is CCCNCc1c(F)cccc1Oc1cccc(OC)c1. The van der Waals surface area contributed by atoms with Crippen LogP contribution >= 0.6 is 0 Å². The molecule has 0 amide bonds. The lowest BCUT2D eigenvalue weighted by Gasteiger charge is -2.13. The van der Waals surface area contributed by atoms with E-state index in [4.69, 9.17) is 9.47 Å². The van der Waals surface area contributed by atoms with Crippen molar-refractivity contribution >= 4 is 0 Å². The first kappa shape index (κ1) is 15.3. The standard InChI is InChI=1S/C17H20FNO2/c1-3-10-19-12-15-16(18)8-5-9-17(15)21-14-7-4-6-13(11-14)20-2/h4-9,11,19H,3,10,12H2,1-2H3. The molecule has 0 fully saturated rings. The van der Waals surface area contributed by atoms with E-state index < -0.39 is 0 Å². The topological polar surface area (TPSA) is 30.5 Å². The van der Waals surface area contributed by atoms with Crippen LogP contribution in [0.15, 0.2) is 42.5 Å². The fraction of sp³-hybridized carbons (Fsp3) is 0.294. The number of hydrogen-bond donors (Lipinski definition) is 1. The molecule has 112 valence electrons. The van der Waals surface area contributed by atoms with Gasteiger partial charge in [-0.25, -0.2) is 4.39 Å². The minimum atomic E-state index is -0.265. The van der Waals surface area contributed by atoms with Crippen LogP contribution < -0.4 is 14.8 Å². The second-order valence-electron chi connectivity index (χ2n) is 4.67. The van der Waals surface area contributed by atoms with Crippen molar-refractivity contribution in [1.29, 1.82) is 0 Å². The minimum Gasteiger partial charge on any atom is -0.497 e. The molecule has 0 saturated carbocycles. The van der Waals surface area contributed by atoms with Crippen LogP contribution in [0.5, 0.6) is 17.2 Å². The van der Waals surface area contributed by atoms with Crippen LogP contribution in [0.3, 0.4) is 0 Å². The molecule has 0 aliphatic rings. The molecule has 21 heavy (non-hydrogen) atoms. The van der Waals surface area contributed by atoms with Crippen LogP contribution in [-0.2, 0) is 6.54 Å². The second kappa shape index (κ2) is 7.64. The Labute approximate surface area is 124 Å². The molecular weight excluding hydrogens is 269 g/mol. The quantitative estimate of drug-likeness (QED) is 0.778. The fourth-order valence-electron chi connectivity index (χ4n) is 1.99. The summed E-state index contributed by atoms with van der Waals surface area (Å²) >= 11 is 0. The highest BCUT2D eigenvalue weighted by molar-refractivity contribution is 5.41. The van der Waals surface area contributed by atoms with Gasteiger partial charge in [0.25, 0.3) is 0 Å². The van der Waals surface area contributed by atoms with E-state index in [1.54, 1.807) is 25.3 Å². The summed E-state index contributed by atoms with van der Waals surface area (Å²) in [4.78, 5) is 0. The minimum absolute atomic E-state index is 0.265. The highest BCUT2D eigenvalue weighted by atomic mass is 19.1. The molecule has 0 aliphatic carbocycles. The van der Waals surface area contributed by atoms with Crippen molar-refractivity contribution in [2.75, 3.05) is 13.7 Å². The van der Waals surface area contributed by atoms with Gasteiger partial charge in [0.2, 0.25) is 0 Å². The molecule has 0 aromatic heterocycles. The Kier molecular flexibility index (Phi) is 5.58. The van der Waals surface area contributed by atoms with Gasteiger partial charge in [-0.05, 0) is 37.2 Å². The summed E-state index contributed by atoms with van der Waals surface area (Å²) in [5.74, 6) is 1.58. The molecular formula is C17H20FNO2. The van der Waals surface area contributed by atoms with Crippen molar-refractivity contribution in [1.82, 2.24) is 5.32 Å². The van der Waals surface area contributed by atoms with E-state index in [-0.39, 0.29) is 5.82 Å². The number of rotatable bonds is 7. The van der Waals surface area contributed by atoms with E-state index in [9.17, 15) is 4.39 Å². The molecule has 0 unspecified atom stereocenters. The van der Waals surface area contributed by atoms with Crippen molar-refractivity contribution in [3.63, 3.8) is 0 Å². The lowest BCUT2D eigenvalue weighted by Crippen LogP contribution is -2.15. The molecule has 2 aromatic rings. The van der Waals surface area contributed by atoms with E-state index in [1.807, 2.05) is 18.2 Å². The van der Waals surface area contributed by atoms with Crippen LogP contribution in [0, 0.1) is 5.82 Å². The average molecular weight is 289 g/mol. The Morgan fingerprint density at radius 1 is 1.10 bits per heavy atom. The van der Waals surface area contributed by atoms with E-state index in [2.05, 4.69) is 12.2 Å². The largest absolute Gasteiger partial charge is 0.497 e. The third-order valence-corrected chi connectivity index (χ3v) is 3.07. The van der Waals surface area contributed by atoms with Gasteiger partial charge in [0.05, 0.1) is 7.11 Å². The lowest BCUT2D eigenvalue weighted by atomic mass is 10.2. The summed E-state index contributed by atoms with van der Waals surface area (Å²) in [6.07, 6.45) is 1.00. The van der Waals surface area contributed by atoms with Crippen molar-refractivity contribution in [3.05, 3.63) is 53.8 Å². The smallest absolute Gasteiger partial charge is 0.134 e. The summed E-state index contributed by atoms with van der Waals surface area (Å²) in [5.41, 5.74) is 0.536. The van der Waals surface area contributed by atoms with Crippen LogP contribution in [-0.4, -0.2) is 13.7 Å². The Morgan fingerprint density at radius 2 is 1.86 bits per heavy atom. The molecule has 0 saturated heterocycles. The summed E-state index contributed by atoms with van der Waals surface area (Å²) in [7, 11) is 1.60. The molecule has 0 aliphatic heterocycles. The molecule has 0 heterocycles. The predicted octanol–water partition coefficient (Wildman–Crippen LogP) is 4.13. The van der Waals surface area contributed by atoms with E-state index in [1.165, 1.54) is 6.07 Å².